The van der Waals surface area contributed by atoms with E-state index in [1.165, 1.54) is 0 Å². The van der Waals surface area contributed by atoms with Gasteiger partial charge in [-0.05, 0) is 47.5 Å². The van der Waals surface area contributed by atoms with Crippen LogP contribution in [0.3, 0.4) is 0 Å². The molecule has 0 saturated carbocycles. The lowest BCUT2D eigenvalue weighted by Gasteiger charge is -2.00. The van der Waals surface area contributed by atoms with Gasteiger partial charge in [0.15, 0.2) is 0 Å². The van der Waals surface area contributed by atoms with Crippen molar-refractivity contribution in [3.05, 3.63) is 101 Å². The summed E-state index contributed by atoms with van der Waals surface area (Å²) in [6.45, 7) is 0. The van der Waals surface area contributed by atoms with E-state index in [0.717, 1.165) is 16.8 Å². The van der Waals surface area contributed by atoms with Gasteiger partial charge >= 0.3 is 0 Å². The molecule has 5 heteroatoms. The Morgan fingerprint density at radius 1 is 0.808 bits per heavy atom. The molecule has 4 nitrogen and oxygen atoms in total. The smallest absolute Gasteiger partial charge is 0.267 e. The third-order valence-electron chi connectivity index (χ3n) is 3.54. The minimum Gasteiger partial charge on any atom is -0.267 e. The van der Waals surface area contributed by atoms with Crippen molar-refractivity contribution in [2.75, 3.05) is 0 Å². The second-order valence-corrected chi connectivity index (χ2v) is 5.90. The largest absolute Gasteiger partial charge is 0.271 e. The van der Waals surface area contributed by atoms with Crippen molar-refractivity contribution in [2.45, 2.75) is 0 Å². The summed E-state index contributed by atoms with van der Waals surface area (Å²) in [4.78, 5) is 16.3. The fourth-order valence-electron chi connectivity index (χ4n) is 2.16. The molecule has 26 heavy (non-hydrogen) atoms. The van der Waals surface area contributed by atoms with Crippen LogP contribution in [0.1, 0.15) is 21.5 Å². The molecule has 0 aliphatic carbocycles. The lowest BCUT2D eigenvalue weighted by atomic mass is 10.1. The van der Waals surface area contributed by atoms with Crippen LogP contribution in [0.5, 0.6) is 0 Å². The summed E-state index contributed by atoms with van der Waals surface area (Å²) in [5.41, 5.74) is 5.75. The number of rotatable bonds is 5. The van der Waals surface area contributed by atoms with E-state index >= 15 is 0 Å². The van der Waals surface area contributed by atoms with E-state index in [9.17, 15) is 4.79 Å². The number of aliphatic imine (C=N–C) groups is 1. The monoisotopic (exact) mass is 361 g/mol. The van der Waals surface area contributed by atoms with Gasteiger partial charge in [-0.15, -0.1) is 0 Å². The van der Waals surface area contributed by atoms with E-state index in [2.05, 4.69) is 15.5 Å². The number of amides is 1. The Morgan fingerprint density at radius 3 is 2.08 bits per heavy atom. The van der Waals surface area contributed by atoms with Gasteiger partial charge in [-0.25, -0.2) is 5.43 Å². The molecule has 0 atom stereocenters. The van der Waals surface area contributed by atoms with Crippen molar-refractivity contribution in [3.63, 3.8) is 0 Å². The molecule has 0 unspecified atom stereocenters. The molecule has 0 aliphatic heterocycles. The Kier molecular flexibility index (Phi) is 5.91. The lowest BCUT2D eigenvalue weighted by Crippen LogP contribution is -2.17. The van der Waals surface area contributed by atoms with Crippen LogP contribution in [0.25, 0.3) is 0 Å². The number of carbonyl (C=O) groups is 1. The highest BCUT2D eigenvalue weighted by atomic mass is 35.5. The number of carbonyl (C=O) groups excluding carboxylic acids is 1. The summed E-state index contributed by atoms with van der Waals surface area (Å²) in [6.07, 6.45) is 3.39. The third kappa shape index (κ3) is 5.13. The van der Waals surface area contributed by atoms with E-state index in [1.54, 1.807) is 36.7 Å². The summed E-state index contributed by atoms with van der Waals surface area (Å²) in [5.74, 6) is -0.287. The predicted octanol–water partition coefficient (Wildman–Crippen LogP) is 4.85. The summed E-state index contributed by atoms with van der Waals surface area (Å²) >= 11 is 5.80. The molecule has 0 radical (unpaired) electrons. The molecule has 3 aromatic rings. The maximum atomic E-state index is 11.9. The molecule has 1 amide bonds. The van der Waals surface area contributed by atoms with E-state index in [1.807, 2.05) is 54.6 Å². The van der Waals surface area contributed by atoms with Crippen molar-refractivity contribution in [2.24, 2.45) is 10.1 Å². The van der Waals surface area contributed by atoms with Crippen LogP contribution in [-0.2, 0) is 0 Å². The summed E-state index contributed by atoms with van der Waals surface area (Å²) in [7, 11) is 0. The van der Waals surface area contributed by atoms with Crippen LogP contribution < -0.4 is 5.43 Å². The first kappa shape index (κ1) is 17.6. The van der Waals surface area contributed by atoms with Crippen molar-refractivity contribution in [1.82, 2.24) is 5.43 Å². The first-order valence-electron chi connectivity index (χ1n) is 7.99. The molecule has 3 rings (SSSR count). The zero-order chi connectivity index (χ0) is 18.2. The first-order chi connectivity index (χ1) is 12.7. The Morgan fingerprint density at radius 2 is 1.42 bits per heavy atom. The zero-order valence-corrected chi connectivity index (χ0v) is 14.6. The first-order valence-corrected chi connectivity index (χ1v) is 8.37. The average Bonchev–Trinajstić information content (AvgIpc) is 2.68. The second kappa shape index (κ2) is 8.74. The Bertz CT molecular complexity index is 918. The van der Waals surface area contributed by atoms with Gasteiger partial charge in [-0.3, -0.25) is 9.79 Å². The number of halogens is 1. The van der Waals surface area contributed by atoms with Crippen LogP contribution in [0.4, 0.5) is 5.69 Å². The highest BCUT2D eigenvalue weighted by molar-refractivity contribution is 6.30. The lowest BCUT2D eigenvalue weighted by molar-refractivity contribution is 0.0955. The van der Waals surface area contributed by atoms with Crippen molar-refractivity contribution < 1.29 is 4.79 Å². The maximum Gasteiger partial charge on any atom is 0.271 e. The van der Waals surface area contributed by atoms with E-state index < -0.39 is 0 Å². The normalized spacial score (nSPS) is 11.1. The third-order valence-corrected chi connectivity index (χ3v) is 3.79. The molecule has 0 aromatic heterocycles. The Labute approximate surface area is 156 Å². The van der Waals surface area contributed by atoms with Crippen LogP contribution in [0.15, 0.2) is 89.0 Å². The van der Waals surface area contributed by atoms with Gasteiger partial charge in [0.2, 0.25) is 0 Å². The number of nitrogens with zero attached hydrogens (tertiary/aromatic N) is 2. The number of benzene rings is 3. The predicted molar refractivity (Wildman–Crippen MR) is 107 cm³/mol. The molecular formula is C21H16ClN3O. The molecule has 128 valence electrons. The molecule has 0 fully saturated rings. The molecule has 1 N–H and O–H groups in total. The maximum absolute atomic E-state index is 11.9. The fraction of sp³-hybridized carbons (Fsp3) is 0. The van der Waals surface area contributed by atoms with Crippen molar-refractivity contribution >= 4 is 35.6 Å². The highest BCUT2D eigenvalue weighted by Crippen LogP contribution is 2.10. The van der Waals surface area contributed by atoms with Gasteiger partial charge < -0.3 is 0 Å². The second-order valence-electron chi connectivity index (χ2n) is 5.47. The van der Waals surface area contributed by atoms with Gasteiger partial charge in [0, 0.05) is 16.8 Å². The summed E-state index contributed by atoms with van der Waals surface area (Å²) in [5, 5.41) is 4.56. The van der Waals surface area contributed by atoms with Gasteiger partial charge in [0.05, 0.1) is 11.9 Å². The van der Waals surface area contributed by atoms with Gasteiger partial charge in [0.25, 0.3) is 5.91 Å². The number of para-hydroxylation sites is 1. The van der Waals surface area contributed by atoms with Crippen molar-refractivity contribution in [3.8, 4) is 0 Å². The molecule has 0 heterocycles. The highest BCUT2D eigenvalue weighted by Gasteiger charge is 2.02. The quantitative estimate of drug-likeness (QED) is 0.512. The molecule has 3 aromatic carbocycles. The Hall–Kier alpha value is -3.24. The summed E-state index contributed by atoms with van der Waals surface area (Å²) in [6, 6.07) is 24.1. The molecule has 0 spiro atoms. The van der Waals surface area contributed by atoms with Crippen LogP contribution >= 0.6 is 11.6 Å². The fourth-order valence-corrected chi connectivity index (χ4v) is 2.29. The van der Waals surface area contributed by atoms with E-state index in [4.69, 9.17) is 11.6 Å². The minimum absolute atomic E-state index is 0.287. The van der Waals surface area contributed by atoms with E-state index in [0.29, 0.717) is 10.6 Å². The van der Waals surface area contributed by atoms with Gasteiger partial charge in [-0.2, -0.15) is 5.10 Å². The minimum atomic E-state index is -0.287. The van der Waals surface area contributed by atoms with Crippen LogP contribution in [0.2, 0.25) is 5.02 Å². The SMILES string of the molecule is O=C(NN=Cc1ccc(C=Nc2ccccc2)cc1)c1ccc(Cl)cc1. The van der Waals surface area contributed by atoms with Crippen LogP contribution in [0, 0.1) is 0 Å². The molecule has 0 saturated heterocycles. The van der Waals surface area contributed by atoms with Crippen LogP contribution in [-0.4, -0.2) is 18.3 Å². The van der Waals surface area contributed by atoms with Gasteiger partial charge in [0.1, 0.15) is 0 Å². The average molecular weight is 362 g/mol. The van der Waals surface area contributed by atoms with Crippen molar-refractivity contribution in [1.29, 1.82) is 0 Å². The van der Waals surface area contributed by atoms with Gasteiger partial charge in [-0.1, -0.05) is 54.1 Å². The molecule has 0 bridgehead atoms. The van der Waals surface area contributed by atoms with E-state index in [-0.39, 0.29) is 5.91 Å². The zero-order valence-electron chi connectivity index (χ0n) is 13.8. The number of hydrogen-bond donors (Lipinski definition) is 1. The summed E-state index contributed by atoms with van der Waals surface area (Å²) < 4.78 is 0. The Balaban J connectivity index is 1.57. The number of nitrogens with one attached hydrogen (secondary N) is 1. The molecular weight excluding hydrogens is 346 g/mol. The standard InChI is InChI=1S/C21H16ClN3O/c22-19-12-10-18(11-13-19)21(26)25-24-15-17-8-6-16(7-9-17)14-23-20-4-2-1-3-5-20/h1-15H,(H,25,26). The number of hydrogen-bond acceptors (Lipinski definition) is 3. The molecule has 0 aliphatic rings. The topological polar surface area (TPSA) is 53.8 Å². The number of hydrazone groups is 1.